The van der Waals surface area contributed by atoms with E-state index in [-0.39, 0.29) is 5.91 Å². The molecule has 1 rings (SSSR count). The molecule has 1 unspecified atom stereocenters. The monoisotopic (exact) mass is 270 g/mol. The van der Waals surface area contributed by atoms with Gasteiger partial charge in [-0.15, -0.1) is 0 Å². The minimum atomic E-state index is -0.922. The van der Waals surface area contributed by atoms with Gasteiger partial charge in [0.15, 0.2) is 5.75 Å². The first-order valence-corrected chi connectivity index (χ1v) is 7.38. The van der Waals surface area contributed by atoms with E-state index < -0.39 is 10.8 Å². The molecular weight excluding hydrogens is 252 g/mol. The van der Waals surface area contributed by atoms with Crippen molar-refractivity contribution in [2.45, 2.75) is 6.92 Å². The van der Waals surface area contributed by atoms with Gasteiger partial charge in [-0.25, -0.2) is 0 Å². The molecule has 100 valence electrons. The van der Waals surface area contributed by atoms with Gasteiger partial charge >= 0.3 is 0 Å². The number of nitrogens with two attached hydrogens (primary N) is 1. The number of ether oxygens (including phenoxy) is 1. The van der Waals surface area contributed by atoms with Crippen LogP contribution in [0.5, 0.6) is 5.75 Å². The van der Waals surface area contributed by atoms with E-state index in [1.165, 1.54) is 0 Å². The Kier molecular flexibility index (Phi) is 5.64. The molecule has 1 amide bonds. The summed E-state index contributed by atoms with van der Waals surface area (Å²) in [5, 5.41) is 2.69. The van der Waals surface area contributed by atoms with E-state index in [2.05, 4.69) is 5.32 Å². The normalized spacial score (nSPS) is 11.9. The van der Waals surface area contributed by atoms with Gasteiger partial charge in [0.1, 0.15) is 0 Å². The van der Waals surface area contributed by atoms with Crippen LogP contribution in [0.15, 0.2) is 18.2 Å². The zero-order chi connectivity index (χ0) is 13.5. The molecule has 0 aliphatic rings. The van der Waals surface area contributed by atoms with Gasteiger partial charge in [0.05, 0.1) is 17.9 Å². The molecule has 0 saturated carbocycles. The Labute approximate surface area is 109 Å². The smallest absolute Gasteiger partial charge is 0.255 e. The fourth-order valence-corrected chi connectivity index (χ4v) is 1.83. The van der Waals surface area contributed by atoms with E-state index in [4.69, 9.17) is 10.5 Å². The second kappa shape index (κ2) is 7.00. The summed E-state index contributed by atoms with van der Waals surface area (Å²) in [6.07, 6.45) is 1.60. The van der Waals surface area contributed by atoms with Crippen LogP contribution in [0.1, 0.15) is 17.3 Å². The average Bonchev–Trinajstić information content (AvgIpc) is 2.31. The molecule has 0 spiro atoms. The van der Waals surface area contributed by atoms with Crippen molar-refractivity contribution in [2.75, 3.05) is 30.9 Å². The van der Waals surface area contributed by atoms with E-state index in [1.807, 2.05) is 6.92 Å². The van der Waals surface area contributed by atoms with E-state index in [0.717, 1.165) is 0 Å². The molecule has 0 heterocycles. The maximum Gasteiger partial charge on any atom is 0.255 e. The summed E-state index contributed by atoms with van der Waals surface area (Å²) >= 11 is 0. The molecule has 3 N–H and O–H groups in total. The Morgan fingerprint density at radius 3 is 2.83 bits per heavy atom. The topological polar surface area (TPSA) is 81.4 Å². The Hall–Kier alpha value is -1.56. The number of carbonyl (C=O) groups excluding carboxylic acids is 1. The summed E-state index contributed by atoms with van der Waals surface area (Å²) in [4.78, 5) is 11.9. The predicted octanol–water partition coefficient (Wildman–Crippen LogP) is 0.776. The SMILES string of the molecule is CCOc1c(N)cccc1C(=O)NCCS(C)=O. The van der Waals surface area contributed by atoms with Crippen LogP contribution >= 0.6 is 0 Å². The lowest BCUT2D eigenvalue weighted by Gasteiger charge is -2.12. The minimum absolute atomic E-state index is 0.267. The molecule has 0 aliphatic carbocycles. The molecular formula is C12H18N2O3S. The Bertz CT molecular complexity index is 449. The summed E-state index contributed by atoms with van der Waals surface area (Å²) in [7, 11) is -0.922. The fraction of sp³-hybridized carbons (Fsp3) is 0.417. The number of hydrogen-bond donors (Lipinski definition) is 2. The Balaban J connectivity index is 2.78. The van der Waals surface area contributed by atoms with E-state index in [0.29, 0.717) is 35.9 Å². The maximum atomic E-state index is 11.9. The highest BCUT2D eigenvalue weighted by Gasteiger charge is 2.14. The van der Waals surface area contributed by atoms with Crippen molar-refractivity contribution in [3.05, 3.63) is 23.8 Å². The van der Waals surface area contributed by atoms with Gasteiger partial charge in [0, 0.05) is 29.4 Å². The average molecular weight is 270 g/mol. The van der Waals surface area contributed by atoms with Crippen LogP contribution in [0.3, 0.4) is 0 Å². The number of hydrogen-bond acceptors (Lipinski definition) is 4. The van der Waals surface area contributed by atoms with Crippen LogP contribution in [0.25, 0.3) is 0 Å². The van der Waals surface area contributed by atoms with E-state index >= 15 is 0 Å². The second-order valence-electron chi connectivity index (χ2n) is 3.69. The third-order valence-electron chi connectivity index (χ3n) is 2.25. The summed E-state index contributed by atoms with van der Waals surface area (Å²) in [5.41, 5.74) is 6.60. The van der Waals surface area contributed by atoms with Gasteiger partial charge in [0.2, 0.25) is 0 Å². The van der Waals surface area contributed by atoms with E-state index in [9.17, 15) is 9.00 Å². The van der Waals surface area contributed by atoms with Gasteiger partial charge in [-0.3, -0.25) is 9.00 Å². The molecule has 1 atom stereocenters. The fourth-order valence-electron chi connectivity index (χ4n) is 1.44. The summed E-state index contributed by atoms with van der Waals surface area (Å²) in [6.45, 7) is 2.63. The highest BCUT2D eigenvalue weighted by Crippen LogP contribution is 2.26. The number of amides is 1. The number of anilines is 1. The van der Waals surface area contributed by atoms with Crippen molar-refractivity contribution in [2.24, 2.45) is 0 Å². The number of carbonyl (C=O) groups is 1. The minimum Gasteiger partial charge on any atom is -0.491 e. The van der Waals surface area contributed by atoms with Gasteiger partial charge in [0.25, 0.3) is 5.91 Å². The molecule has 18 heavy (non-hydrogen) atoms. The number of rotatable bonds is 6. The van der Waals surface area contributed by atoms with Crippen molar-refractivity contribution < 1.29 is 13.7 Å². The molecule has 5 nitrogen and oxygen atoms in total. The van der Waals surface area contributed by atoms with Crippen LogP contribution in [0, 0.1) is 0 Å². The lowest BCUT2D eigenvalue weighted by Crippen LogP contribution is -2.28. The lowest BCUT2D eigenvalue weighted by molar-refractivity contribution is 0.0952. The third-order valence-corrected chi connectivity index (χ3v) is 3.03. The predicted molar refractivity (Wildman–Crippen MR) is 73.3 cm³/mol. The van der Waals surface area contributed by atoms with Crippen LogP contribution in [-0.2, 0) is 10.8 Å². The van der Waals surface area contributed by atoms with Gasteiger partial charge < -0.3 is 15.8 Å². The standard InChI is InChI=1S/C12H18N2O3S/c1-3-17-11-9(5-4-6-10(11)13)12(15)14-7-8-18(2)16/h4-6H,3,7-8,13H2,1-2H3,(H,14,15). The molecule has 0 fully saturated rings. The van der Waals surface area contributed by atoms with Crippen LogP contribution < -0.4 is 15.8 Å². The summed E-state index contributed by atoms with van der Waals surface area (Å²) in [5.74, 6) is 0.559. The van der Waals surface area contributed by atoms with Crippen molar-refractivity contribution in [1.82, 2.24) is 5.32 Å². The number of nitrogens with one attached hydrogen (secondary N) is 1. The third kappa shape index (κ3) is 4.03. The highest BCUT2D eigenvalue weighted by atomic mass is 32.2. The van der Waals surface area contributed by atoms with Crippen LogP contribution in [0.4, 0.5) is 5.69 Å². The zero-order valence-electron chi connectivity index (χ0n) is 10.6. The molecule has 0 radical (unpaired) electrons. The zero-order valence-corrected chi connectivity index (χ0v) is 11.4. The van der Waals surface area contributed by atoms with Crippen LogP contribution in [-0.4, -0.2) is 35.3 Å². The van der Waals surface area contributed by atoms with Crippen molar-refractivity contribution in [1.29, 1.82) is 0 Å². The molecule has 1 aromatic rings. The first-order valence-electron chi connectivity index (χ1n) is 5.65. The number of nitrogen functional groups attached to an aromatic ring is 1. The molecule has 1 aromatic carbocycles. The number of para-hydroxylation sites is 1. The molecule has 0 bridgehead atoms. The summed E-state index contributed by atoms with van der Waals surface area (Å²) < 4.78 is 16.3. The lowest BCUT2D eigenvalue weighted by atomic mass is 10.1. The number of benzene rings is 1. The highest BCUT2D eigenvalue weighted by molar-refractivity contribution is 7.84. The second-order valence-corrected chi connectivity index (χ2v) is 5.24. The van der Waals surface area contributed by atoms with Crippen LogP contribution in [0.2, 0.25) is 0 Å². The largest absolute Gasteiger partial charge is 0.491 e. The molecule has 0 saturated heterocycles. The first kappa shape index (κ1) is 14.5. The maximum absolute atomic E-state index is 11.9. The van der Waals surface area contributed by atoms with Crippen molar-refractivity contribution in [3.63, 3.8) is 0 Å². The van der Waals surface area contributed by atoms with Gasteiger partial charge in [-0.05, 0) is 19.1 Å². The van der Waals surface area contributed by atoms with Crippen molar-refractivity contribution >= 4 is 22.4 Å². The first-order chi connectivity index (χ1) is 8.56. The Morgan fingerprint density at radius 2 is 2.22 bits per heavy atom. The molecule has 6 heteroatoms. The van der Waals surface area contributed by atoms with Gasteiger partial charge in [-0.1, -0.05) is 6.07 Å². The van der Waals surface area contributed by atoms with E-state index in [1.54, 1.807) is 24.5 Å². The molecule has 0 aliphatic heterocycles. The quantitative estimate of drug-likeness (QED) is 0.748. The summed E-state index contributed by atoms with van der Waals surface area (Å²) in [6, 6.07) is 5.03. The Morgan fingerprint density at radius 1 is 1.50 bits per heavy atom. The van der Waals surface area contributed by atoms with Gasteiger partial charge in [-0.2, -0.15) is 0 Å². The molecule has 0 aromatic heterocycles. The van der Waals surface area contributed by atoms with Crippen molar-refractivity contribution in [3.8, 4) is 5.75 Å².